The van der Waals surface area contributed by atoms with Crippen LogP contribution in [0.1, 0.15) is 0 Å². The Morgan fingerprint density at radius 3 is 2.17 bits per heavy atom. The highest BCUT2D eigenvalue weighted by Crippen LogP contribution is 1.87. The number of rotatable bonds is 2. The van der Waals surface area contributed by atoms with Crippen LogP contribution in [0.4, 0.5) is 8.78 Å². The largest absolute Gasteiger partial charge is 0.299 e. The zero-order valence-corrected chi connectivity index (χ0v) is 3.03. The van der Waals surface area contributed by atoms with Crippen LogP contribution >= 0.6 is 0 Å². The van der Waals surface area contributed by atoms with Crippen LogP contribution in [0, 0.1) is 0 Å². The van der Waals surface area contributed by atoms with Gasteiger partial charge in [0.05, 0.1) is 0 Å². The number of alkyl halides is 2. The van der Waals surface area contributed by atoms with Crippen molar-refractivity contribution in [3.63, 3.8) is 0 Å². The van der Waals surface area contributed by atoms with Crippen molar-refractivity contribution >= 4 is 0 Å². The van der Waals surface area contributed by atoms with Gasteiger partial charge in [-0.1, -0.05) is 0 Å². The van der Waals surface area contributed by atoms with E-state index in [1.54, 1.807) is 0 Å². The van der Waals surface area contributed by atoms with Crippen molar-refractivity contribution in [3.8, 4) is 0 Å². The van der Waals surface area contributed by atoms with E-state index in [2.05, 4.69) is 10.7 Å². The number of hydrogen-bond acceptors (Lipinski definition) is 2. The van der Waals surface area contributed by atoms with E-state index in [4.69, 9.17) is 0 Å². The zero-order chi connectivity index (χ0) is 4.99. The molecule has 0 amide bonds. The van der Waals surface area contributed by atoms with Crippen molar-refractivity contribution < 1.29 is 13.6 Å². The molecule has 0 heterocycles. The van der Waals surface area contributed by atoms with Crippen molar-refractivity contribution in [2.24, 2.45) is 5.90 Å². The van der Waals surface area contributed by atoms with E-state index in [1.807, 2.05) is 0 Å². The molecular weight excluding hydrogens is 92.0 g/mol. The average molecular weight is 97.1 g/mol. The van der Waals surface area contributed by atoms with Crippen LogP contribution in [-0.2, 0) is 4.84 Å². The summed E-state index contributed by atoms with van der Waals surface area (Å²) in [6.07, 6.45) is -2.45. The third-order valence-electron chi connectivity index (χ3n) is 0.222. The van der Waals surface area contributed by atoms with E-state index in [0.717, 1.165) is 0 Å². The topological polar surface area (TPSA) is 35.2 Å². The minimum Gasteiger partial charge on any atom is -0.299 e. The Kier molecular flexibility index (Phi) is 2.88. The molecule has 2 nitrogen and oxygen atoms in total. The summed E-state index contributed by atoms with van der Waals surface area (Å²) in [6, 6.07) is 0. The van der Waals surface area contributed by atoms with Crippen LogP contribution in [0.25, 0.3) is 0 Å². The Morgan fingerprint density at radius 2 is 2.17 bits per heavy atom. The average Bonchev–Trinajstić information content (AvgIpc) is 1.35. The van der Waals surface area contributed by atoms with Crippen LogP contribution in [0.15, 0.2) is 0 Å². The molecule has 0 saturated carbocycles. The lowest BCUT2D eigenvalue weighted by atomic mass is 10.8. The predicted octanol–water partition coefficient (Wildman–Crippen LogP) is 0.142. The van der Waals surface area contributed by atoms with Crippen molar-refractivity contribution in [3.05, 3.63) is 0 Å². The summed E-state index contributed by atoms with van der Waals surface area (Å²) in [5.41, 5.74) is 0. The fourth-order valence-electron chi connectivity index (χ4n) is 0.0727. The van der Waals surface area contributed by atoms with E-state index in [0.29, 0.717) is 0 Å². The Hall–Kier alpha value is -0.220. The second-order valence-electron chi connectivity index (χ2n) is 0.724. The molecule has 2 N–H and O–H groups in total. The molecule has 0 spiro atoms. The fraction of sp³-hybridized carbons (Fsp3) is 1.00. The zero-order valence-electron chi connectivity index (χ0n) is 3.03. The first-order valence-corrected chi connectivity index (χ1v) is 1.37. The van der Waals surface area contributed by atoms with Gasteiger partial charge in [0.25, 0.3) is 6.43 Å². The van der Waals surface area contributed by atoms with Gasteiger partial charge < -0.3 is 0 Å². The third kappa shape index (κ3) is 3.78. The Balaban J connectivity index is 2.63. The van der Waals surface area contributed by atoms with Crippen molar-refractivity contribution in [2.45, 2.75) is 6.43 Å². The molecule has 0 fully saturated rings. The predicted molar refractivity (Wildman–Crippen MR) is 16.1 cm³/mol. The number of hydrogen-bond donors (Lipinski definition) is 1. The smallest absolute Gasteiger partial charge is 0.263 e. The van der Waals surface area contributed by atoms with Gasteiger partial charge in [0.1, 0.15) is 6.61 Å². The van der Waals surface area contributed by atoms with Crippen LogP contribution < -0.4 is 5.90 Å². The molecule has 6 heavy (non-hydrogen) atoms. The van der Waals surface area contributed by atoms with Gasteiger partial charge in [-0.15, -0.1) is 0 Å². The van der Waals surface area contributed by atoms with Crippen molar-refractivity contribution in [1.29, 1.82) is 0 Å². The number of halogens is 2. The summed E-state index contributed by atoms with van der Waals surface area (Å²) in [4.78, 5) is 3.55. The molecule has 0 rings (SSSR count). The lowest BCUT2D eigenvalue weighted by molar-refractivity contribution is 0.0171. The maximum absolute atomic E-state index is 10.8. The molecule has 0 aromatic carbocycles. The monoisotopic (exact) mass is 97.0 g/mol. The Morgan fingerprint density at radius 1 is 1.67 bits per heavy atom. The first-order valence-electron chi connectivity index (χ1n) is 1.37. The van der Waals surface area contributed by atoms with Gasteiger partial charge in [-0.25, -0.2) is 14.7 Å². The second kappa shape index (κ2) is 2.99. The summed E-state index contributed by atoms with van der Waals surface area (Å²) >= 11 is 0. The van der Waals surface area contributed by atoms with E-state index in [1.165, 1.54) is 0 Å². The first kappa shape index (κ1) is 5.78. The van der Waals surface area contributed by atoms with Gasteiger partial charge in [0.15, 0.2) is 0 Å². The van der Waals surface area contributed by atoms with Crippen molar-refractivity contribution in [1.82, 2.24) is 0 Å². The second-order valence-corrected chi connectivity index (χ2v) is 0.724. The van der Waals surface area contributed by atoms with Gasteiger partial charge in [-0.3, -0.25) is 4.84 Å². The van der Waals surface area contributed by atoms with Crippen LogP contribution in [-0.4, -0.2) is 13.0 Å². The van der Waals surface area contributed by atoms with E-state index in [-0.39, 0.29) is 0 Å². The quantitative estimate of drug-likeness (QED) is 0.497. The molecule has 0 saturated heterocycles. The highest BCUT2D eigenvalue weighted by Gasteiger charge is 1.97. The standard InChI is InChI=1S/C2H5F2NO/c3-2(4)1-6-5/h2H,1,5H2. The van der Waals surface area contributed by atoms with Gasteiger partial charge in [-0.2, -0.15) is 0 Å². The molecular formula is C2H5F2NO. The van der Waals surface area contributed by atoms with Gasteiger partial charge in [0.2, 0.25) is 0 Å². The first-order chi connectivity index (χ1) is 2.77. The molecule has 0 aromatic heterocycles. The minimum absolute atomic E-state index is 0.681. The van der Waals surface area contributed by atoms with Crippen LogP contribution in [0.3, 0.4) is 0 Å². The summed E-state index contributed by atoms with van der Waals surface area (Å²) in [5.74, 6) is 4.25. The molecule has 4 heteroatoms. The summed E-state index contributed by atoms with van der Waals surface area (Å²) < 4.78 is 21.7. The maximum atomic E-state index is 10.8. The molecule has 0 aliphatic heterocycles. The Bertz CT molecular complexity index is 32.7. The Labute approximate surface area is 33.8 Å². The molecule has 0 aromatic rings. The van der Waals surface area contributed by atoms with Gasteiger partial charge >= 0.3 is 0 Å². The molecule has 0 unspecified atom stereocenters. The SMILES string of the molecule is NOCC(F)F. The normalized spacial score (nSPS) is 10.0. The maximum Gasteiger partial charge on any atom is 0.263 e. The minimum atomic E-state index is -2.45. The van der Waals surface area contributed by atoms with Crippen LogP contribution in [0.5, 0.6) is 0 Å². The lowest BCUT2D eigenvalue weighted by Crippen LogP contribution is -2.08. The summed E-state index contributed by atoms with van der Waals surface area (Å²) in [7, 11) is 0. The van der Waals surface area contributed by atoms with E-state index < -0.39 is 13.0 Å². The molecule has 38 valence electrons. The lowest BCUT2D eigenvalue weighted by Gasteiger charge is -1.89. The highest BCUT2D eigenvalue weighted by molar-refractivity contribution is 4.26. The van der Waals surface area contributed by atoms with Gasteiger partial charge in [0, 0.05) is 0 Å². The third-order valence-corrected chi connectivity index (χ3v) is 0.222. The van der Waals surface area contributed by atoms with Crippen LogP contribution in [0.2, 0.25) is 0 Å². The highest BCUT2D eigenvalue weighted by atomic mass is 19.3. The molecule has 0 aliphatic carbocycles. The molecule has 0 atom stereocenters. The number of nitrogens with two attached hydrogens (primary N) is 1. The van der Waals surface area contributed by atoms with Gasteiger partial charge in [-0.05, 0) is 0 Å². The molecule has 0 radical (unpaired) electrons. The summed E-state index contributed by atoms with van der Waals surface area (Å²) in [6.45, 7) is -0.681. The van der Waals surface area contributed by atoms with E-state index in [9.17, 15) is 8.78 Å². The van der Waals surface area contributed by atoms with Crippen molar-refractivity contribution in [2.75, 3.05) is 6.61 Å². The van der Waals surface area contributed by atoms with E-state index >= 15 is 0 Å². The fourth-order valence-corrected chi connectivity index (χ4v) is 0.0727. The molecule has 0 aliphatic rings. The molecule has 0 bridgehead atoms. The summed E-state index contributed by atoms with van der Waals surface area (Å²) in [5, 5.41) is 0.